The summed E-state index contributed by atoms with van der Waals surface area (Å²) in [4.78, 5) is 28.2. The fourth-order valence-electron chi connectivity index (χ4n) is 4.31. The van der Waals surface area contributed by atoms with Crippen LogP contribution in [-0.4, -0.2) is 51.1 Å². The largest absolute Gasteiger partial charge is 0.497 e. The third-order valence-corrected chi connectivity index (χ3v) is 6.03. The second kappa shape index (κ2) is 9.81. The maximum atomic E-state index is 13.4. The summed E-state index contributed by atoms with van der Waals surface area (Å²) in [6, 6.07) is 16.6. The molecule has 1 saturated heterocycles. The van der Waals surface area contributed by atoms with Gasteiger partial charge in [0.2, 0.25) is 5.91 Å². The van der Waals surface area contributed by atoms with Crippen LogP contribution < -0.4 is 19.5 Å². The minimum absolute atomic E-state index is 0.0746. The first kappa shape index (κ1) is 22.5. The second-order valence-corrected chi connectivity index (χ2v) is 8.04. The summed E-state index contributed by atoms with van der Waals surface area (Å²) in [5.41, 5.74) is 1.21. The summed E-state index contributed by atoms with van der Waals surface area (Å²) in [5.74, 6) is 1.42. The van der Waals surface area contributed by atoms with E-state index in [2.05, 4.69) is 5.32 Å². The number of anilines is 1. The van der Waals surface area contributed by atoms with Crippen LogP contribution in [0.2, 0.25) is 0 Å². The van der Waals surface area contributed by atoms with Crippen molar-refractivity contribution in [3.63, 3.8) is 0 Å². The van der Waals surface area contributed by atoms with E-state index in [1.807, 2.05) is 30.3 Å². The van der Waals surface area contributed by atoms with Gasteiger partial charge in [-0.15, -0.1) is 0 Å². The molecule has 1 N–H and O–H groups in total. The SMILES string of the molecule is COc1cc(NC(=O)[C@@H]2CCCN(C(=O)c3ccc(OC)c4ccccc34)C2)cc(OC)c1. The maximum Gasteiger partial charge on any atom is 0.254 e. The van der Waals surface area contributed by atoms with Crippen molar-refractivity contribution in [1.82, 2.24) is 4.90 Å². The average Bonchev–Trinajstić information content (AvgIpc) is 2.87. The molecular formula is C26H28N2O5. The van der Waals surface area contributed by atoms with Crippen molar-refractivity contribution in [2.24, 2.45) is 5.92 Å². The number of methoxy groups -OCH3 is 3. The van der Waals surface area contributed by atoms with Crippen LogP contribution in [0.3, 0.4) is 0 Å². The highest BCUT2D eigenvalue weighted by Crippen LogP contribution is 2.31. The van der Waals surface area contributed by atoms with Gasteiger partial charge in [0, 0.05) is 47.9 Å². The number of piperidine rings is 1. The lowest BCUT2D eigenvalue weighted by atomic mass is 9.95. The van der Waals surface area contributed by atoms with Crippen molar-refractivity contribution >= 4 is 28.3 Å². The summed E-state index contributed by atoms with van der Waals surface area (Å²) in [6.07, 6.45) is 1.49. The molecule has 0 aliphatic carbocycles. The van der Waals surface area contributed by atoms with Crippen molar-refractivity contribution in [2.45, 2.75) is 12.8 Å². The van der Waals surface area contributed by atoms with Gasteiger partial charge in [0.05, 0.1) is 27.2 Å². The predicted molar refractivity (Wildman–Crippen MR) is 127 cm³/mol. The van der Waals surface area contributed by atoms with Crippen LogP contribution >= 0.6 is 0 Å². The Hall–Kier alpha value is -3.74. The molecule has 4 rings (SSSR count). The van der Waals surface area contributed by atoms with Crippen molar-refractivity contribution in [2.75, 3.05) is 39.7 Å². The molecule has 0 radical (unpaired) electrons. The fourth-order valence-corrected chi connectivity index (χ4v) is 4.31. The molecule has 1 aliphatic heterocycles. The highest BCUT2D eigenvalue weighted by atomic mass is 16.5. The minimum atomic E-state index is -0.301. The van der Waals surface area contributed by atoms with Crippen molar-refractivity contribution in [3.8, 4) is 17.2 Å². The van der Waals surface area contributed by atoms with Crippen LogP contribution in [0.1, 0.15) is 23.2 Å². The summed E-state index contributed by atoms with van der Waals surface area (Å²) < 4.78 is 16.0. The lowest BCUT2D eigenvalue weighted by molar-refractivity contribution is -0.121. The van der Waals surface area contributed by atoms with Crippen LogP contribution in [0.15, 0.2) is 54.6 Å². The number of hydrogen-bond acceptors (Lipinski definition) is 5. The minimum Gasteiger partial charge on any atom is -0.497 e. The Morgan fingerprint density at radius 1 is 0.909 bits per heavy atom. The molecule has 1 aliphatic rings. The zero-order valence-corrected chi connectivity index (χ0v) is 19.1. The standard InChI is InChI=1S/C26H28N2O5/c1-31-19-13-18(14-20(15-19)32-2)27-25(29)17-7-6-12-28(16-17)26(30)23-10-11-24(33-3)22-9-5-4-8-21(22)23/h4-5,8-11,13-15,17H,6-7,12,16H2,1-3H3,(H,27,29)/t17-/m1/s1. The van der Waals surface area contributed by atoms with Gasteiger partial charge in [-0.3, -0.25) is 9.59 Å². The van der Waals surface area contributed by atoms with E-state index in [9.17, 15) is 9.59 Å². The highest BCUT2D eigenvalue weighted by molar-refractivity contribution is 6.08. The van der Waals surface area contributed by atoms with Crippen molar-refractivity contribution < 1.29 is 23.8 Å². The first-order valence-electron chi connectivity index (χ1n) is 10.9. The molecule has 0 saturated carbocycles. The highest BCUT2D eigenvalue weighted by Gasteiger charge is 2.30. The molecule has 0 aromatic heterocycles. The van der Waals surface area contributed by atoms with Gasteiger partial charge in [-0.05, 0) is 30.4 Å². The molecule has 7 heteroatoms. The zero-order chi connectivity index (χ0) is 23.4. The van der Waals surface area contributed by atoms with Gasteiger partial charge in [-0.2, -0.15) is 0 Å². The van der Waals surface area contributed by atoms with Gasteiger partial charge in [0.25, 0.3) is 5.91 Å². The monoisotopic (exact) mass is 448 g/mol. The summed E-state index contributed by atoms with van der Waals surface area (Å²) in [5, 5.41) is 4.69. The van der Waals surface area contributed by atoms with Crippen LogP contribution in [0.4, 0.5) is 5.69 Å². The van der Waals surface area contributed by atoms with Gasteiger partial charge >= 0.3 is 0 Å². The topological polar surface area (TPSA) is 77.1 Å². The molecule has 0 unspecified atom stereocenters. The van der Waals surface area contributed by atoms with Gasteiger partial charge in [0.1, 0.15) is 17.2 Å². The molecule has 7 nitrogen and oxygen atoms in total. The van der Waals surface area contributed by atoms with Crippen LogP contribution in [0.25, 0.3) is 10.8 Å². The molecule has 3 aromatic carbocycles. The first-order chi connectivity index (χ1) is 16.0. The Labute approximate surface area is 193 Å². The Kier molecular flexibility index (Phi) is 6.68. The molecular weight excluding hydrogens is 420 g/mol. The van der Waals surface area contributed by atoms with E-state index in [1.54, 1.807) is 50.5 Å². The Morgan fingerprint density at radius 3 is 2.27 bits per heavy atom. The number of nitrogens with zero attached hydrogens (tertiary/aromatic N) is 1. The number of fused-ring (bicyclic) bond motifs is 1. The maximum absolute atomic E-state index is 13.4. The fraction of sp³-hybridized carbons (Fsp3) is 0.308. The third kappa shape index (κ3) is 4.72. The predicted octanol–water partition coefficient (Wildman–Crippen LogP) is 4.36. The number of likely N-dealkylation sites (tertiary alicyclic amines) is 1. The zero-order valence-electron chi connectivity index (χ0n) is 19.1. The van der Waals surface area contributed by atoms with Crippen molar-refractivity contribution in [3.05, 3.63) is 60.2 Å². The summed E-state index contributed by atoms with van der Waals surface area (Å²) >= 11 is 0. The normalized spacial score (nSPS) is 15.7. The number of ether oxygens (including phenoxy) is 3. The molecule has 1 heterocycles. The molecule has 2 amide bonds. The second-order valence-electron chi connectivity index (χ2n) is 8.04. The van der Waals surface area contributed by atoms with Crippen LogP contribution in [-0.2, 0) is 4.79 Å². The average molecular weight is 449 g/mol. The number of benzene rings is 3. The van der Waals surface area contributed by atoms with Gasteiger partial charge in [0.15, 0.2) is 0 Å². The summed E-state index contributed by atoms with van der Waals surface area (Å²) in [6.45, 7) is 0.988. The lowest BCUT2D eigenvalue weighted by Crippen LogP contribution is -2.43. The van der Waals surface area contributed by atoms with E-state index >= 15 is 0 Å². The summed E-state index contributed by atoms with van der Waals surface area (Å²) in [7, 11) is 4.75. The molecule has 33 heavy (non-hydrogen) atoms. The lowest BCUT2D eigenvalue weighted by Gasteiger charge is -2.32. The number of amides is 2. The quantitative estimate of drug-likeness (QED) is 0.607. The van der Waals surface area contributed by atoms with Gasteiger partial charge in [-0.25, -0.2) is 0 Å². The first-order valence-corrected chi connectivity index (χ1v) is 10.9. The van der Waals surface area contributed by atoms with E-state index in [4.69, 9.17) is 14.2 Å². The molecule has 0 bridgehead atoms. The smallest absolute Gasteiger partial charge is 0.254 e. The van der Waals surface area contributed by atoms with Gasteiger partial charge in [-0.1, -0.05) is 24.3 Å². The molecule has 0 spiro atoms. The van der Waals surface area contributed by atoms with Crippen LogP contribution in [0, 0.1) is 5.92 Å². The Balaban J connectivity index is 1.52. The van der Waals surface area contributed by atoms with Gasteiger partial charge < -0.3 is 24.4 Å². The number of nitrogens with one attached hydrogen (secondary N) is 1. The van der Waals surface area contributed by atoms with E-state index in [1.165, 1.54) is 0 Å². The third-order valence-electron chi connectivity index (χ3n) is 6.03. The Bertz CT molecular complexity index is 1150. The molecule has 1 fully saturated rings. The molecule has 172 valence electrons. The molecule has 1 atom stereocenters. The number of carbonyl (C=O) groups excluding carboxylic acids is 2. The molecule has 3 aromatic rings. The van der Waals surface area contributed by atoms with E-state index < -0.39 is 0 Å². The number of rotatable bonds is 6. The Morgan fingerprint density at radius 2 is 1.61 bits per heavy atom. The van der Waals surface area contributed by atoms with Crippen molar-refractivity contribution in [1.29, 1.82) is 0 Å². The van der Waals surface area contributed by atoms with Crippen LogP contribution in [0.5, 0.6) is 17.2 Å². The van der Waals surface area contributed by atoms with E-state index in [-0.39, 0.29) is 17.7 Å². The van der Waals surface area contributed by atoms with E-state index in [0.29, 0.717) is 35.8 Å². The van der Waals surface area contributed by atoms with E-state index in [0.717, 1.165) is 29.4 Å². The number of carbonyl (C=O) groups is 2. The number of hydrogen-bond donors (Lipinski definition) is 1.